The number of alkyl carbamates (subject to hydrolysis) is 1. The van der Waals surface area contributed by atoms with E-state index in [1.54, 1.807) is 27.7 Å². The van der Waals surface area contributed by atoms with Crippen LogP contribution < -0.4 is 5.32 Å². The van der Waals surface area contributed by atoms with Gasteiger partial charge >= 0.3 is 6.09 Å². The first kappa shape index (κ1) is 16.0. The second kappa shape index (κ2) is 6.64. The van der Waals surface area contributed by atoms with Gasteiger partial charge < -0.3 is 10.1 Å². The smallest absolute Gasteiger partial charge is 0.408 e. The maximum absolute atomic E-state index is 11.5. The average molecular weight is 261 g/mol. The summed E-state index contributed by atoms with van der Waals surface area (Å²) in [6.07, 6.45) is -0.633. The Balaban J connectivity index is 4.08. The quantitative estimate of drug-likeness (QED) is 0.834. The molecule has 1 amide bonds. The van der Waals surface area contributed by atoms with Crippen molar-refractivity contribution in [2.75, 3.05) is 5.75 Å². The molecule has 1 atom stereocenters. The number of nitrogens with one attached hydrogen (secondary N) is 1. The number of ketones is 1. The second-order valence-corrected chi connectivity index (χ2v) is 5.77. The van der Waals surface area contributed by atoms with Crippen molar-refractivity contribution in [2.45, 2.75) is 46.3 Å². The summed E-state index contributed by atoms with van der Waals surface area (Å²) in [6, 6.07) is -0.656. The van der Waals surface area contributed by atoms with Gasteiger partial charge in [0.15, 0.2) is 10.9 Å². The fourth-order valence-corrected chi connectivity index (χ4v) is 1.46. The van der Waals surface area contributed by atoms with Gasteiger partial charge in [-0.1, -0.05) is 11.8 Å². The van der Waals surface area contributed by atoms with Gasteiger partial charge in [0.1, 0.15) is 5.60 Å². The number of carbonyl (C=O) groups excluding carboxylic acids is 3. The molecule has 0 spiro atoms. The van der Waals surface area contributed by atoms with E-state index in [1.807, 2.05) is 0 Å². The molecule has 0 unspecified atom stereocenters. The number of Topliss-reactive ketones (excluding diaryl/α,β-unsaturated/α-hetero) is 1. The van der Waals surface area contributed by atoms with Crippen LogP contribution in [0.25, 0.3) is 0 Å². The standard InChI is InChI=1S/C11H19NO4S/c1-7(9(14)6-17-8(2)13)12-10(15)16-11(3,4)5/h7H,6H2,1-5H3,(H,12,15)/t7-/m0/s1. The lowest BCUT2D eigenvalue weighted by Gasteiger charge is -2.21. The first-order valence-corrected chi connectivity index (χ1v) is 6.26. The molecule has 0 fully saturated rings. The van der Waals surface area contributed by atoms with Gasteiger partial charge in [0, 0.05) is 6.92 Å². The number of hydrogen-bond donors (Lipinski definition) is 1. The topological polar surface area (TPSA) is 72.5 Å². The zero-order valence-electron chi connectivity index (χ0n) is 10.8. The Bertz CT molecular complexity index is 309. The molecule has 98 valence electrons. The van der Waals surface area contributed by atoms with E-state index in [-0.39, 0.29) is 16.7 Å². The summed E-state index contributed by atoms with van der Waals surface area (Å²) in [5, 5.41) is 2.30. The van der Waals surface area contributed by atoms with E-state index < -0.39 is 17.7 Å². The van der Waals surface area contributed by atoms with E-state index in [9.17, 15) is 14.4 Å². The van der Waals surface area contributed by atoms with Crippen molar-refractivity contribution in [3.05, 3.63) is 0 Å². The zero-order valence-corrected chi connectivity index (χ0v) is 11.6. The highest BCUT2D eigenvalue weighted by Gasteiger charge is 2.21. The molecule has 0 aromatic heterocycles. The van der Waals surface area contributed by atoms with Crippen LogP contribution in [0.5, 0.6) is 0 Å². The molecule has 0 radical (unpaired) electrons. The molecule has 6 heteroatoms. The Morgan fingerprint density at radius 2 is 1.82 bits per heavy atom. The minimum atomic E-state index is -0.656. The Hall–Kier alpha value is -1.04. The van der Waals surface area contributed by atoms with Gasteiger partial charge in [0.05, 0.1) is 11.8 Å². The maximum Gasteiger partial charge on any atom is 0.408 e. The van der Waals surface area contributed by atoms with Crippen molar-refractivity contribution < 1.29 is 19.1 Å². The minimum Gasteiger partial charge on any atom is -0.444 e. The molecule has 0 aromatic carbocycles. The molecule has 0 aliphatic heterocycles. The van der Waals surface area contributed by atoms with Crippen LogP contribution in [0.4, 0.5) is 4.79 Å². The zero-order chi connectivity index (χ0) is 13.6. The van der Waals surface area contributed by atoms with Crippen molar-refractivity contribution in [2.24, 2.45) is 0 Å². The van der Waals surface area contributed by atoms with Crippen LogP contribution in [-0.2, 0) is 14.3 Å². The van der Waals surface area contributed by atoms with Crippen molar-refractivity contribution in [3.63, 3.8) is 0 Å². The van der Waals surface area contributed by atoms with Crippen molar-refractivity contribution in [1.29, 1.82) is 0 Å². The van der Waals surface area contributed by atoms with E-state index in [1.165, 1.54) is 6.92 Å². The number of thioether (sulfide) groups is 1. The predicted molar refractivity (Wildman–Crippen MR) is 67.0 cm³/mol. The lowest BCUT2D eigenvalue weighted by molar-refractivity contribution is -0.118. The molecular weight excluding hydrogens is 242 g/mol. The molecule has 0 rings (SSSR count). The van der Waals surface area contributed by atoms with Crippen molar-refractivity contribution >= 4 is 28.8 Å². The van der Waals surface area contributed by atoms with Crippen LogP contribution in [-0.4, -0.2) is 34.4 Å². The van der Waals surface area contributed by atoms with Gasteiger partial charge in [0.25, 0.3) is 0 Å². The van der Waals surface area contributed by atoms with Gasteiger partial charge in [0.2, 0.25) is 0 Å². The summed E-state index contributed by atoms with van der Waals surface area (Å²) < 4.78 is 5.01. The minimum absolute atomic E-state index is 0.0618. The number of carbonyl (C=O) groups is 3. The number of hydrogen-bond acceptors (Lipinski definition) is 5. The summed E-state index contributed by atoms with van der Waals surface area (Å²) in [7, 11) is 0. The van der Waals surface area contributed by atoms with Crippen molar-refractivity contribution in [1.82, 2.24) is 5.32 Å². The summed E-state index contributed by atoms with van der Waals surface area (Å²) in [5.41, 5.74) is -0.596. The molecule has 0 saturated heterocycles. The van der Waals surface area contributed by atoms with Crippen molar-refractivity contribution in [3.8, 4) is 0 Å². The Kier molecular flexibility index (Phi) is 6.23. The van der Waals surface area contributed by atoms with Gasteiger partial charge in [-0.3, -0.25) is 9.59 Å². The van der Waals surface area contributed by atoms with E-state index in [0.717, 1.165) is 11.8 Å². The Labute approximate surface area is 106 Å². The number of rotatable bonds is 4. The molecule has 0 heterocycles. The van der Waals surface area contributed by atoms with E-state index in [2.05, 4.69) is 5.32 Å². The third-order valence-electron chi connectivity index (χ3n) is 1.63. The Morgan fingerprint density at radius 1 is 1.29 bits per heavy atom. The fraction of sp³-hybridized carbons (Fsp3) is 0.727. The number of ether oxygens (including phenoxy) is 1. The highest BCUT2D eigenvalue weighted by Crippen LogP contribution is 2.07. The third kappa shape index (κ3) is 8.74. The van der Waals surface area contributed by atoms with Crippen LogP contribution in [0.1, 0.15) is 34.6 Å². The molecule has 1 N–H and O–H groups in total. The van der Waals surface area contributed by atoms with Crippen LogP contribution in [0.2, 0.25) is 0 Å². The predicted octanol–water partition coefficient (Wildman–Crippen LogP) is 1.75. The molecule has 0 bridgehead atoms. The molecule has 0 saturated carbocycles. The van der Waals surface area contributed by atoms with E-state index in [0.29, 0.717) is 0 Å². The summed E-state index contributed by atoms with van der Waals surface area (Å²) in [4.78, 5) is 33.5. The fourth-order valence-electron chi connectivity index (χ4n) is 0.863. The molecular formula is C11H19NO4S. The van der Waals surface area contributed by atoms with Crippen LogP contribution in [0.3, 0.4) is 0 Å². The van der Waals surface area contributed by atoms with E-state index >= 15 is 0 Å². The summed E-state index contributed by atoms with van der Waals surface area (Å²) >= 11 is 0.927. The average Bonchev–Trinajstić information content (AvgIpc) is 2.10. The largest absolute Gasteiger partial charge is 0.444 e. The third-order valence-corrected chi connectivity index (χ3v) is 2.47. The molecule has 5 nitrogen and oxygen atoms in total. The van der Waals surface area contributed by atoms with Gasteiger partial charge in [-0.25, -0.2) is 4.79 Å². The normalized spacial score (nSPS) is 12.8. The van der Waals surface area contributed by atoms with Crippen LogP contribution in [0, 0.1) is 0 Å². The van der Waals surface area contributed by atoms with E-state index in [4.69, 9.17) is 4.74 Å². The lowest BCUT2D eigenvalue weighted by atomic mass is 10.2. The highest BCUT2D eigenvalue weighted by atomic mass is 32.2. The summed E-state index contributed by atoms with van der Waals surface area (Å²) in [6.45, 7) is 8.18. The first-order valence-electron chi connectivity index (χ1n) is 5.27. The van der Waals surface area contributed by atoms with Gasteiger partial charge in [-0.15, -0.1) is 0 Å². The Morgan fingerprint density at radius 3 is 2.24 bits per heavy atom. The van der Waals surface area contributed by atoms with Crippen LogP contribution >= 0.6 is 11.8 Å². The van der Waals surface area contributed by atoms with Gasteiger partial charge in [-0.05, 0) is 27.7 Å². The van der Waals surface area contributed by atoms with Crippen LogP contribution in [0.15, 0.2) is 0 Å². The molecule has 0 aliphatic rings. The summed E-state index contributed by atoms with van der Waals surface area (Å²) in [5.74, 6) is -0.150. The number of amides is 1. The second-order valence-electron chi connectivity index (χ2n) is 4.61. The lowest BCUT2D eigenvalue weighted by Crippen LogP contribution is -2.42. The SMILES string of the molecule is CC(=O)SCC(=O)[C@H](C)NC(=O)OC(C)(C)C. The molecule has 17 heavy (non-hydrogen) atoms. The monoisotopic (exact) mass is 261 g/mol. The van der Waals surface area contributed by atoms with Gasteiger partial charge in [-0.2, -0.15) is 0 Å². The molecule has 0 aliphatic carbocycles. The first-order chi connectivity index (χ1) is 7.61. The highest BCUT2D eigenvalue weighted by molar-refractivity contribution is 8.14. The molecule has 0 aromatic rings. The maximum atomic E-state index is 11.5.